The first-order chi connectivity index (χ1) is 17.2. The summed E-state index contributed by atoms with van der Waals surface area (Å²) in [6.07, 6.45) is 7.34. The molecule has 0 amide bonds. The van der Waals surface area contributed by atoms with Crippen LogP contribution in [-0.2, 0) is 6.61 Å². The van der Waals surface area contributed by atoms with Gasteiger partial charge in [0.15, 0.2) is 17.3 Å². The number of rotatable bonds is 11. The van der Waals surface area contributed by atoms with Gasteiger partial charge in [-0.1, -0.05) is 24.3 Å². The van der Waals surface area contributed by atoms with Crippen molar-refractivity contribution in [1.29, 1.82) is 0 Å². The highest BCUT2D eigenvalue weighted by Crippen LogP contribution is 2.29. The molecule has 3 aromatic carbocycles. The third-order valence-corrected chi connectivity index (χ3v) is 5.35. The lowest BCUT2D eigenvalue weighted by atomic mass is 10.1. The van der Waals surface area contributed by atoms with Crippen LogP contribution >= 0.6 is 0 Å². The number of aromatic nitrogens is 1. The summed E-state index contributed by atoms with van der Waals surface area (Å²) in [7, 11) is 0. The molecule has 0 aliphatic carbocycles. The Morgan fingerprint density at radius 1 is 0.800 bits per heavy atom. The van der Waals surface area contributed by atoms with E-state index in [1.807, 2.05) is 110 Å². The fourth-order valence-corrected chi connectivity index (χ4v) is 3.63. The molecule has 1 heterocycles. The minimum absolute atomic E-state index is 0.0479. The second kappa shape index (κ2) is 11.7. The van der Waals surface area contributed by atoms with Gasteiger partial charge in [-0.3, -0.25) is 4.79 Å². The van der Waals surface area contributed by atoms with Crippen molar-refractivity contribution in [3.63, 3.8) is 0 Å². The lowest BCUT2D eigenvalue weighted by Gasteiger charge is -2.13. The monoisotopic (exact) mass is 467 g/mol. The first-order valence-electron chi connectivity index (χ1n) is 11.7. The summed E-state index contributed by atoms with van der Waals surface area (Å²) in [5, 5.41) is 0. The van der Waals surface area contributed by atoms with Crippen molar-refractivity contribution in [3.05, 3.63) is 114 Å². The highest BCUT2D eigenvalue weighted by Gasteiger charge is 2.07. The van der Waals surface area contributed by atoms with E-state index in [-0.39, 0.29) is 5.78 Å². The van der Waals surface area contributed by atoms with Gasteiger partial charge in [0.25, 0.3) is 0 Å². The molecule has 0 saturated heterocycles. The molecule has 1 aromatic heterocycles. The Morgan fingerprint density at radius 3 is 2.29 bits per heavy atom. The van der Waals surface area contributed by atoms with Crippen LogP contribution in [0.2, 0.25) is 0 Å². The quantitative estimate of drug-likeness (QED) is 0.181. The van der Waals surface area contributed by atoms with E-state index in [0.717, 1.165) is 28.3 Å². The average Bonchev–Trinajstić information content (AvgIpc) is 3.43. The maximum Gasteiger partial charge on any atom is 0.185 e. The highest BCUT2D eigenvalue weighted by atomic mass is 16.5. The Hall–Kier alpha value is -4.25. The lowest BCUT2D eigenvalue weighted by Crippen LogP contribution is -2.01. The zero-order valence-corrected chi connectivity index (χ0v) is 20.0. The van der Waals surface area contributed by atoms with Crippen molar-refractivity contribution < 1.29 is 19.0 Å². The van der Waals surface area contributed by atoms with Gasteiger partial charge in [-0.2, -0.15) is 0 Å². The minimum atomic E-state index is -0.0479. The Balaban J connectivity index is 1.38. The zero-order chi connectivity index (χ0) is 24.5. The standard InChI is InChI=1S/C30H29NO4/c1-3-33-29-17-11-24(21-30(29)34-4-2)22-35-27-9-7-8-23(20-27)10-16-28(32)25-12-14-26(15-13-25)31-18-5-6-19-31/h5-21H,3-4,22H2,1-2H3/b16-10+. The Kier molecular flexibility index (Phi) is 8.02. The fraction of sp³-hybridized carbons (Fsp3) is 0.167. The molecular weight excluding hydrogens is 438 g/mol. The second-order valence-electron chi connectivity index (χ2n) is 7.84. The highest BCUT2D eigenvalue weighted by molar-refractivity contribution is 6.06. The molecule has 4 aromatic rings. The molecule has 0 fully saturated rings. The number of nitrogens with zero attached hydrogens (tertiary/aromatic N) is 1. The number of hydrogen-bond acceptors (Lipinski definition) is 4. The van der Waals surface area contributed by atoms with Crippen LogP contribution in [0.1, 0.15) is 35.3 Å². The molecule has 5 nitrogen and oxygen atoms in total. The van der Waals surface area contributed by atoms with Gasteiger partial charge < -0.3 is 18.8 Å². The summed E-state index contributed by atoms with van der Waals surface area (Å²) in [5.41, 5.74) is 3.53. The molecule has 0 unspecified atom stereocenters. The van der Waals surface area contributed by atoms with Crippen molar-refractivity contribution in [2.24, 2.45) is 0 Å². The summed E-state index contributed by atoms with van der Waals surface area (Å²) >= 11 is 0. The minimum Gasteiger partial charge on any atom is -0.490 e. The van der Waals surface area contributed by atoms with Crippen LogP contribution in [0.4, 0.5) is 0 Å². The zero-order valence-electron chi connectivity index (χ0n) is 20.0. The van der Waals surface area contributed by atoms with E-state index in [1.165, 1.54) is 0 Å². The van der Waals surface area contributed by atoms with Crippen molar-refractivity contribution in [3.8, 4) is 22.9 Å². The van der Waals surface area contributed by atoms with Crippen LogP contribution in [0.3, 0.4) is 0 Å². The third kappa shape index (κ3) is 6.42. The van der Waals surface area contributed by atoms with E-state index >= 15 is 0 Å². The Labute approximate surface area is 206 Å². The number of carbonyl (C=O) groups is 1. The lowest BCUT2D eigenvalue weighted by molar-refractivity contribution is 0.104. The SMILES string of the molecule is CCOc1ccc(COc2cccc(/C=C/C(=O)c3ccc(-n4cccc4)cc3)c2)cc1OCC. The molecule has 0 aliphatic heterocycles. The van der Waals surface area contributed by atoms with E-state index in [4.69, 9.17) is 14.2 Å². The summed E-state index contributed by atoms with van der Waals surface area (Å²) in [6.45, 7) is 5.43. The van der Waals surface area contributed by atoms with Crippen LogP contribution in [0, 0.1) is 0 Å². The van der Waals surface area contributed by atoms with Crippen LogP contribution in [0.25, 0.3) is 11.8 Å². The normalized spacial score (nSPS) is 10.9. The molecule has 0 saturated carbocycles. The second-order valence-corrected chi connectivity index (χ2v) is 7.84. The van der Waals surface area contributed by atoms with Crippen LogP contribution in [0.5, 0.6) is 17.2 Å². The van der Waals surface area contributed by atoms with Gasteiger partial charge in [-0.25, -0.2) is 0 Å². The van der Waals surface area contributed by atoms with E-state index in [9.17, 15) is 4.79 Å². The average molecular weight is 468 g/mol. The molecule has 0 spiro atoms. The molecule has 0 atom stereocenters. The summed E-state index contributed by atoms with van der Waals surface area (Å²) in [4.78, 5) is 12.6. The smallest absolute Gasteiger partial charge is 0.185 e. The summed E-state index contributed by atoms with van der Waals surface area (Å²) in [6, 6.07) is 25.0. The first kappa shape index (κ1) is 23.9. The fourth-order valence-electron chi connectivity index (χ4n) is 3.63. The van der Waals surface area contributed by atoms with Gasteiger partial charge >= 0.3 is 0 Å². The van der Waals surface area contributed by atoms with Crippen molar-refractivity contribution in [2.75, 3.05) is 13.2 Å². The van der Waals surface area contributed by atoms with Crippen molar-refractivity contribution in [1.82, 2.24) is 4.57 Å². The molecule has 4 rings (SSSR count). The van der Waals surface area contributed by atoms with Gasteiger partial charge in [0.1, 0.15) is 12.4 Å². The summed E-state index contributed by atoms with van der Waals surface area (Å²) < 4.78 is 19.3. The molecule has 0 bridgehead atoms. The van der Waals surface area contributed by atoms with E-state index in [0.29, 0.717) is 31.1 Å². The number of hydrogen-bond donors (Lipinski definition) is 0. The maximum absolute atomic E-state index is 12.6. The topological polar surface area (TPSA) is 49.7 Å². The molecule has 178 valence electrons. The van der Waals surface area contributed by atoms with Gasteiger partial charge in [0, 0.05) is 23.6 Å². The third-order valence-electron chi connectivity index (χ3n) is 5.35. The predicted molar refractivity (Wildman–Crippen MR) is 139 cm³/mol. The molecule has 5 heteroatoms. The molecule has 0 radical (unpaired) electrons. The number of ether oxygens (including phenoxy) is 3. The molecular formula is C30H29NO4. The number of allylic oxidation sites excluding steroid dienone is 1. The van der Waals surface area contributed by atoms with Crippen molar-refractivity contribution >= 4 is 11.9 Å². The summed E-state index contributed by atoms with van der Waals surface area (Å²) in [5.74, 6) is 2.12. The van der Waals surface area contributed by atoms with Gasteiger partial charge in [-0.05, 0) is 91.7 Å². The molecule has 0 N–H and O–H groups in total. The van der Waals surface area contributed by atoms with Gasteiger partial charge in [0.2, 0.25) is 0 Å². The van der Waals surface area contributed by atoms with Crippen LogP contribution in [-0.4, -0.2) is 23.6 Å². The Morgan fingerprint density at radius 2 is 1.54 bits per heavy atom. The van der Waals surface area contributed by atoms with E-state index < -0.39 is 0 Å². The van der Waals surface area contributed by atoms with Gasteiger partial charge in [0.05, 0.1) is 13.2 Å². The van der Waals surface area contributed by atoms with E-state index in [1.54, 1.807) is 12.2 Å². The largest absolute Gasteiger partial charge is 0.490 e. The number of benzene rings is 3. The predicted octanol–water partition coefficient (Wildman–Crippen LogP) is 6.75. The van der Waals surface area contributed by atoms with E-state index in [2.05, 4.69) is 0 Å². The number of carbonyl (C=O) groups excluding carboxylic acids is 1. The van der Waals surface area contributed by atoms with Crippen molar-refractivity contribution in [2.45, 2.75) is 20.5 Å². The Bertz CT molecular complexity index is 1270. The number of ketones is 1. The molecule has 35 heavy (non-hydrogen) atoms. The van der Waals surface area contributed by atoms with Gasteiger partial charge in [-0.15, -0.1) is 0 Å². The first-order valence-corrected chi connectivity index (χ1v) is 11.7. The maximum atomic E-state index is 12.6. The molecule has 0 aliphatic rings. The van der Waals surface area contributed by atoms with Crippen LogP contribution < -0.4 is 14.2 Å². The van der Waals surface area contributed by atoms with Crippen LogP contribution in [0.15, 0.2) is 97.3 Å².